The van der Waals surface area contributed by atoms with E-state index in [2.05, 4.69) is 41.3 Å². The van der Waals surface area contributed by atoms with Crippen LogP contribution in [0, 0.1) is 29.0 Å². The third-order valence-electron chi connectivity index (χ3n) is 7.32. The average molecular weight is 459 g/mol. The lowest BCUT2D eigenvalue weighted by Gasteiger charge is -2.36. The van der Waals surface area contributed by atoms with Gasteiger partial charge in [-0.05, 0) is 73.4 Å². The third kappa shape index (κ3) is 5.09. The Kier molecular flexibility index (Phi) is 6.80. The fraction of sp³-hybridized carbons (Fsp3) is 0.414. The first-order valence-corrected chi connectivity index (χ1v) is 12.3. The molecule has 0 amide bonds. The number of nitrogens with zero attached hydrogens (tertiary/aromatic N) is 2. The Morgan fingerprint density at radius 3 is 2.71 bits per heavy atom. The fourth-order valence-electron chi connectivity index (χ4n) is 5.24. The van der Waals surface area contributed by atoms with Crippen molar-refractivity contribution in [3.05, 3.63) is 88.8 Å². The molecule has 2 unspecified atom stereocenters. The molecule has 0 spiro atoms. The second-order valence-electron chi connectivity index (χ2n) is 9.64. The quantitative estimate of drug-likeness (QED) is 0.531. The van der Waals surface area contributed by atoms with Gasteiger partial charge in [-0.25, -0.2) is 4.39 Å². The van der Waals surface area contributed by atoms with Gasteiger partial charge < -0.3 is 9.47 Å². The van der Waals surface area contributed by atoms with Crippen molar-refractivity contribution in [2.75, 3.05) is 19.7 Å². The summed E-state index contributed by atoms with van der Waals surface area (Å²) >= 11 is 0. The molecule has 0 N–H and O–H groups in total. The molecule has 2 aliphatic heterocycles. The molecule has 1 fully saturated rings. The Morgan fingerprint density at radius 1 is 1.15 bits per heavy atom. The summed E-state index contributed by atoms with van der Waals surface area (Å²) in [6, 6.07) is 12.7. The van der Waals surface area contributed by atoms with Crippen molar-refractivity contribution in [3.8, 4) is 11.8 Å². The third-order valence-corrected chi connectivity index (χ3v) is 7.32. The number of halogens is 1. The zero-order chi connectivity index (χ0) is 23.5. The van der Waals surface area contributed by atoms with Crippen molar-refractivity contribution in [3.63, 3.8) is 0 Å². The topological polar surface area (TPSA) is 45.5 Å². The van der Waals surface area contributed by atoms with Gasteiger partial charge in [-0.3, -0.25) is 4.90 Å². The predicted molar refractivity (Wildman–Crippen MR) is 130 cm³/mol. The zero-order valence-corrected chi connectivity index (χ0v) is 19.6. The molecule has 4 atom stereocenters. The van der Waals surface area contributed by atoms with E-state index in [9.17, 15) is 4.39 Å². The van der Waals surface area contributed by atoms with Crippen LogP contribution in [0.15, 0.2) is 60.7 Å². The van der Waals surface area contributed by atoms with Gasteiger partial charge in [0, 0.05) is 31.8 Å². The molecule has 5 rings (SSSR count). The summed E-state index contributed by atoms with van der Waals surface area (Å²) in [5, 5.41) is 8.97. The van der Waals surface area contributed by atoms with E-state index in [4.69, 9.17) is 14.7 Å². The number of allylic oxidation sites excluding steroid dienone is 3. The van der Waals surface area contributed by atoms with Gasteiger partial charge in [-0.15, -0.1) is 0 Å². The Morgan fingerprint density at radius 2 is 1.97 bits per heavy atom. The van der Waals surface area contributed by atoms with Crippen LogP contribution in [0.1, 0.15) is 48.1 Å². The van der Waals surface area contributed by atoms with Crippen molar-refractivity contribution < 1.29 is 13.9 Å². The second-order valence-corrected chi connectivity index (χ2v) is 9.64. The Hall–Kier alpha value is -2.94. The monoisotopic (exact) mass is 458 g/mol. The van der Waals surface area contributed by atoms with Crippen LogP contribution in [0.5, 0.6) is 5.75 Å². The summed E-state index contributed by atoms with van der Waals surface area (Å²) < 4.78 is 26.2. The van der Waals surface area contributed by atoms with E-state index in [1.165, 1.54) is 23.6 Å². The lowest BCUT2D eigenvalue weighted by atomic mass is 9.82. The highest BCUT2D eigenvalue weighted by Crippen LogP contribution is 2.32. The molecule has 5 heteroatoms. The minimum Gasteiger partial charge on any atom is -0.486 e. The van der Waals surface area contributed by atoms with Crippen molar-refractivity contribution in [1.29, 1.82) is 5.26 Å². The molecule has 176 valence electrons. The van der Waals surface area contributed by atoms with E-state index in [0.29, 0.717) is 29.1 Å². The maximum Gasteiger partial charge on any atom is 0.131 e. The van der Waals surface area contributed by atoms with Gasteiger partial charge in [0.15, 0.2) is 0 Å². The number of benzene rings is 2. The Balaban J connectivity index is 1.23. The van der Waals surface area contributed by atoms with Gasteiger partial charge in [-0.1, -0.05) is 36.4 Å². The van der Waals surface area contributed by atoms with Crippen LogP contribution in [-0.4, -0.2) is 30.7 Å². The van der Waals surface area contributed by atoms with Gasteiger partial charge in [-0.2, -0.15) is 5.26 Å². The summed E-state index contributed by atoms with van der Waals surface area (Å²) in [6.45, 7) is 5.74. The zero-order valence-electron chi connectivity index (χ0n) is 19.6. The number of rotatable bonds is 7. The van der Waals surface area contributed by atoms with Crippen LogP contribution in [-0.2, 0) is 17.7 Å². The molecule has 1 aliphatic carbocycles. The van der Waals surface area contributed by atoms with E-state index in [1.54, 1.807) is 12.1 Å². The molecule has 1 saturated heterocycles. The molecule has 0 bridgehead atoms. The standard InChI is InChI=1S/C29H31FN2O2/c1-20(28-9-6-21(17-31)14-29(28)30)34-27-8-7-22-10-12-32(19-25(22)16-27)18-24-5-3-2-4-23(24)15-26-11-13-33-26/h2-9,14,16,20,23-24,26H,10-13,15,18-19H2,1H3/t20-,23?,24?,26+/m0/s1. The summed E-state index contributed by atoms with van der Waals surface area (Å²) in [6.07, 6.45) is 12.4. The van der Waals surface area contributed by atoms with Crippen LogP contribution >= 0.6 is 0 Å². The van der Waals surface area contributed by atoms with Gasteiger partial charge in [0.25, 0.3) is 0 Å². The summed E-state index contributed by atoms with van der Waals surface area (Å²) in [5.74, 6) is 1.38. The van der Waals surface area contributed by atoms with Gasteiger partial charge >= 0.3 is 0 Å². The molecule has 2 heterocycles. The second kappa shape index (κ2) is 10.1. The fourth-order valence-corrected chi connectivity index (χ4v) is 5.24. The average Bonchev–Trinajstić information content (AvgIpc) is 2.82. The highest BCUT2D eigenvalue weighted by Gasteiger charge is 2.29. The van der Waals surface area contributed by atoms with Crippen molar-refractivity contribution in [2.45, 2.75) is 44.9 Å². The molecule has 3 aliphatic rings. The van der Waals surface area contributed by atoms with Crippen molar-refractivity contribution in [2.24, 2.45) is 11.8 Å². The number of nitriles is 1. The lowest BCUT2D eigenvalue weighted by Crippen LogP contribution is -2.38. The van der Waals surface area contributed by atoms with Crippen molar-refractivity contribution >= 4 is 0 Å². The molecule has 2 aromatic rings. The molecule has 0 saturated carbocycles. The van der Waals surface area contributed by atoms with Crippen LogP contribution < -0.4 is 4.74 Å². The van der Waals surface area contributed by atoms with E-state index in [0.717, 1.165) is 44.8 Å². The summed E-state index contributed by atoms with van der Waals surface area (Å²) in [7, 11) is 0. The molecule has 4 nitrogen and oxygen atoms in total. The number of ether oxygens (including phenoxy) is 2. The van der Waals surface area contributed by atoms with Gasteiger partial charge in [0.1, 0.15) is 17.7 Å². The van der Waals surface area contributed by atoms with Crippen LogP contribution in [0.4, 0.5) is 4.39 Å². The highest BCUT2D eigenvalue weighted by molar-refractivity contribution is 5.38. The lowest BCUT2D eigenvalue weighted by molar-refractivity contribution is -0.0628. The summed E-state index contributed by atoms with van der Waals surface area (Å²) in [4.78, 5) is 2.54. The maximum atomic E-state index is 14.4. The molecule has 34 heavy (non-hydrogen) atoms. The van der Waals surface area contributed by atoms with Gasteiger partial charge in [0.05, 0.1) is 17.7 Å². The number of hydrogen-bond acceptors (Lipinski definition) is 4. The Bertz CT molecular complexity index is 1130. The van der Waals surface area contributed by atoms with E-state index < -0.39 is 11.9 Å². The number of fused-ring (bicyclic) bond motifs is 1. The molecule has 0 radical (unpaired) electrons. The minimum atomic E-state index is -0.445. The maximum absolute atomic E-state index is 14.4. The number of hydrogen-bond donors (Lipinski definition) is 0. The minimum absolute atomic E-state index is 0.313. The van der Waals surface area contributed by atoms with E-state index in [-0.39, 0.29) is 0 Å². The first kappa shape index (κ1) is 22.8. The van der Waals surface area contributed by atoms with E-state index in [1.807, 2.05) is 19.1 Å². The Labute approximate surface area is 201 Å². The van der Waals surface area contributed by atoms with Crippen LogP contribution in [0.2, 0.25) is 0 Å². The van der Waals surface area contributed by atoms with Crippen LogP contribution in [0.25, 0.3) is 0 Å². The highest BCUT2D eigenvalue weighted by atomic mass is 19.1. The molecule has 0 aromatic heterocycles. The predicted octanol–water partition coefficient (Wildman–Crippen LogP) is 5.73. The molecular weight excluding hydrogens is 427 g/mol. The normalized spacial score (nSPS) is 24.7. The van der Waals surface area contributed by atoms with Crippen LogP contribution in [0.3, 0.4) is 0 Å². The summed E-state index contributed by atoms with van der Waals surface area (Å²) in [5.41, 5.74) is 3.41. The smallest absolute Gasteiger partial charge is 0.131 e. The van der Waals surface area contributed by atoms with Crippen molar-refractivity contribution in [1.82, 2.24) is 4.90 Å². The largest absolute Gasteiger partial charge is 0.486 e. The molecule has 2 aromatic carbocycles. The molecular formula is C29H31FN2O2. The SMILES string of the molecule is C[C@H](Oc1ccc2c(c1)CN(CC1C=CC=CC1C[C@H]1CCO1)CC2)c1ccc(C#N)cc1F. The first-order chi connectivity index (χ1) is 16.6. The van der Waals surface area contributed by atoms with Gasteiger partial charge in [0.2, 0.25) is 0 Å². The first-order valence-electron chi connectivity index (χ1n) is 12.3. The van der Waals surface area contributed by atoms with E-state index >= 15 is 0 Å².